The molecule has 8 heteroatoms. The van der Waals surface area contributed by atoms with E-state index in [1.165, 1.54) is 30.3 Å². The van der Waals surface area contributed by atoms with E-state index in [-0.39, 0.29) is 23.4 Å². The molecular weight excluding hydrogens is 460 g/mol. The second-order valence-corrected chi connectivity index (χ2v) is 7.70. The van der Waals surface area contributed by atoms with Crippen molar-refractivity contribution in [2.45, 2.75) is 20.0 Å². The van der Waals surface area contributed by atoms with E-state index in [1.807, 2.05) is 13.0 Å². The van der Waals surface area contributed by atoms with Crippen LogP contribution in [0.3, 0.4) is 0 Å². The van der Waals surface area contributed by atoms with Crippen LogP contribution >= 0.6 is 0 Å². The number of nitriles is 1. The first-order valence-corrected chi connectivity index (χ1v) is 11.1. The number of allylic oxidation sites excluding steroid dienone is 2. The average molecular weight is 485 g/mol. The lowest BCUT2D eigenvalue weighted by atomic mass is 10.0. The minimum atomic E-state index is -1.00. The van der Waals surface area contributed by atoms with Crippen molar-refractivity contribution >= 4 is 23.3 Å². The Hall–Kier alpha value is -4.90. The van der Waals surface area contributed by atoms with Crippen LogP contribution in [-0.2, 0) is 13.0 Å². The zero-order chi connectivity index (χ0) is 26.1. The van der Waals surface area contributed by atoms with E-state index in [0.29, 0.717) is 35.7 Å². The summed E-state index contributed by atoms with van der Waals surface area (Å²) < 4.78 is 11.9. The van der Waals surface area contributed by atoms with Gasteiger partial charge in [0.15, 0.2) is 11.5 Å². The third kappa shape index (κ3) is 6.36. The predicted molar refractivity (Wildman–Crippen MR) is 136 cm³/mol. The van der Waals surface area contributed by atoms with Crippen LogP contribution in [0.2, 0.25) is 0 Å². The van der Waals surface area contributed by atoms with Crippen molar-refractivity contribution in [2.24, 2.45) is 0 Å². The molecule has 0 aromatic heterocycles. The number of rotatable bonds is 11. The summed E-state index contributed by atoms with van der Waals surface area (Å²) in [6, 6.07) is 18.0. The summed E-state index contributed by atoms with van der Waals surface area (Å²) >= 11 is 0. The Bertz CT molecular complexity index is 1350. The third-order valence-corrected chi connectivity index (χ3v) is 5.20. The molecule has 182 valence electrons. The van der Waals surface area contributed by atoms with Crippen LogP contribution < -0.4 is 9.47 Å². The molecule has 0 saturated carbocycles. The first kappa shape index (κ1) is 25.7. The molecule has 0 spiro atoms. The minimum absolute atomic E-state index is 0.101. The highest BCUT2D eigenvalue weighted by Crippen LogP contribution is 2.36. The van der Waals surface area contributed by atoms with Crippen molar-refractivity contribution in [1.29, 1.82) is 5.26 Å². The number of benzene rings is 3. The summed E-state index contributed by atoms with van der Waals surface area (Å²) in [7, 11) is 0. The fourth-order valence-corrected chi connectivity index (χ4v) is 3.53. The zero-order valence-electron chi connectivity index (χ0n) is 19.6. The number of hydrogen-bond donors (Lipinski definition) is 1. The van der Waals surface area contributed by atoms with Gasteiger partial charge in [0.05, 0.1) is 28.7 Å². The maximum atomic E-state index is 11.1. The van der Waals surface area contributed by atoms with Crippen LogP contribution in [0, 0.1) is 21.4 Å². The number of carboxylic acids is 1. The monoisotopic (exact) mass is 484 g/mol. The van der Waals surface area contributed by atoms with Crippen LogP contribution in [0.4, 0.5) is 5.69 Å². The standard InChI is InChI=1S/C28H24N2O6/c1-3-6-23-13-20(14-24(17-29)22-7-5-8-25(16-22)30(33)34)15-26(35-4-2)27(23)36-18-19-9-11-21(12-10-19)28(31)32/h3,5,7-16H,1,4,6,18H2,2H3,(H,31,32)/b24-14-. The molecule has 0 aliphatic rings. The fraction of sp³-hybridized carbons (Fsp3) is 0.143. The van der Waals surface area contributed by atoms with Gasteiger partial charge >= 0.3 is 5.97 Å². The molecular formula is C28H24N2O6. The molecule has 3 aromatic rings. The number of nitro groups is 1. The highest BCUT2D eigenvalue weighted by Gasteiger charge is 2.15. The average Bonchev–Trinajstić information content (AvgIpc) is 2.87. The Kier molecular flexibility index (Phi) is 8.57. The number of nitrogens with zero attached hydrogens (tertiary/aromatic N) is 2. The van der Waals surface area contributed by atoms with Gasteiger partial charge in [0.2, 0.25) is 0 Å². The molecule has 0 radical (unpaired) electrons. The first-order chi connectivity index (χ1) is 17.4. The maximum absolute atomic E-state index is 11.1. The smallest absolute Gasteiger partial charge is 0.335 e. The highest BCUT2D eigenvalue weighted by atomic mass is 16.6. The van der Waals surface area contributed by atoms with Gasteiger partial charge in [-0.25, -0.2) is 4.79 Å². The summed E-state index contributed by atoms with van der Waals surface area (Å²) in [4.78, 5) is 21.7. The Balaban J connectivity index is 1.99. The number of carbonyl (C=O) groups is 1. The van der Waals surface area contributed by atoms with Crippen LogP contribution in [0.15, 0.2) is 73.3 Å². The van der Waals surface area contributed by atoms with Crippen LogP contribution in [-0.4, -0.2) is 22.6 Å². The van der Waals surface area contributed by atoms with E-state index in [4.69, 9.17) is 14.6 Å². The Labute approximate surface area is 208 Å². The fourth-order valence-electron chi connectivity index (χ4n) is 3.53. The lowest BCUT2D eigenvalue weighted by Gasteiger charge is -2.17. The van der Waals surface area contributed by atoms with E-state index in [9.17, 15) is 20.2 Å². The second-order valence-electron chi connectivity index (χ2n) is 7.70. The largest absolute Gasteiger partial charge is 0.490 e. The van der Waals surface area contributed by atoms with Gasteiger partial charge in [-0.3, -0.25) is 10.1 Å². The van der Waals surface area contributed by atoms with Crippen LogP contribution in [0.5, 0.6) is 11.5 Å². The van der Waals surface area contributed by atoms with Gasteiger partial charge in [0, 0.05) is 17.7 Å². The van der Waals surface area contributed by atoms with Crippen molar-refractivity contribution < 1.29 is 24.3 Å². The normalized spacial score (nSPS) is 10.8. The lowest BCUT2D eigenvalue weighted by molar-refractivity contribution is -0.384. The van der Waals surface area contributed by atoms with Gasteiger partial charge in [-0.2, -0.15) is 5.26 Å². The van der Waals surface area contributed by atoms with Gasteiger partial charge < -0.3 is 14.6 Å². The summed E-state index contributed by atoms with van der Waals surface area (Å²) in [5.74, 6) is -0.00786. The molecule has 36 heavy (non-hydrogen) atoms. The van der Waals surface area contributed by atoms with Gasteiger partial charge in [-0.15, -0.1) is 6.58 Å². The van der Waals surface area contributed by atoms with Gasteiger partial charge in [0.1, 0.15) is 6.61 Å². The molecule has 3 aromatic carbocycles. The topological polar surface area (TPSA) is 123 Å². The molecule has 1 N–H and O–H groups in total. The lowest BCUT2D eigenvalue weighted by Crippen LogP contribution is -2.04. The molecule has 0 fully saturated rings. The number of nitro benzene ring substituents is 1. The van der Waals surface area contributed by atoms with E-state index in [1.54, 1.807) is 36.4 Å². The second kappa shape index (κ2) is 12.0. The molecule has 0 unspecified atom stereocenters. The van der Waals surface area contributed by atoms with Gasteiger partial charge in [-0.1, -0.05) is 30.3 Å². The minimum Gasteiger partial charge on any atom is -0.490 e. The summed E-state index contributed by atoms with van der Waals surface area (Å²) in [5, 5.41) is 30.0. The molecule has 0 aliphatic heterocycles. The van der Waals surface area contributed by atoms with Crippen molar-refractivity contribution in [1.82, 2.24) is 0 Å². The summed E-state index contributed by atoms with van der Waals surface area (Å²) in [5.41, 5.74) is 3.01. The van der Waals surface area contributed by atoms with E-state index < -0.39 is 10.9 Å². The van der Waals surface area contributed by atoms with Crippen molar-refractivity contribution in [3.8, 4) is 17.6 Å². The molecule has 0 bridgehead atoms. The van der Waals surface area contributed by atoms with Crippen molar-refractivity contribution in [3.63, 3.8) is 0 Å². The predicted octanol–water partition coefficient (Wildman–Crippen LogP) is 6.06. The van der Waals surface area contributed by atoms with Gasteiger partial charge in [-0.05, 0) is 60.4 Å². The molecule has 8 nitrogen and oxygen atoms in total. The summed E-state index contributed by atoms with van der Waals surface area (Å²) in [6.07, 6.45) is 3.83. The summed E-state index contributed by atoms with van der Waals surface area (Å²) in [6.45, 7) is 6.22. The highest BCUT2D eigenvalue weighted by molar-refractivity contribution is 5.90. The van der Waals surface area contributed by atoms with Crippen LogP contribution in [0.25, 0.3) is 11.6 Å². The molecule has 0 heterocycles. The third-order valence-electron chi connectivity index (χ3n) is 5.20. The molecule has 0 atom stereocenters. The Morgan fingerprint density at radius 1 is 1.14 bits per heavy atom. The molecule has 0 aliphatic carbocycles. The van der Waals surface area contributed by atoms with Crippen LogP contribution in [0.1, 0.15) is 39.5 Å². The first-order valence-electron chi connectivity index (χ1n) is 11.1. The number of aromatic carboxylic acids is 1. The number of carboxylic acid groups (broad SMARTS) is 1. The number of hydrogen-bond acceptors (Lipinski definition) is 6. The molecule has 3 rings (SSSR count). The van der Waals surface area contributed by atoms with Gasteiger partial charge in [0.25, 0.3) is 5.69 Å². The van der Waals surface area contributed by atoms with E-state index >= 15 is 0 Å². The number of ether oxygens (including phenoxy) is 2. The number of non-ortho nitro benzene ring substituents is 1. The maximum Gasteiger partial charge on any atom is 0.335 e. The van der Waals surface area contributed by atoms with E-state index in [0.717, 1.165) is 11.1 Å². The van der Waals surface area contributed by atoms with Crippen molar-refractivity contribution in [3.05, 3.63) is 111 Å². The molecule has 0 amide bonds. The quantitative estimate of drug-likeness (QED) is 0.115. The SMILES string of the molecule is C=CCc1cc(/C=C(/C#N)c2cccc([N+](=O)[O-])c2)cc(OCC)c1OCc1ccc(C(=O)O)cc1. The van der Waals surface area contributed by atoms with Crippen molar-refractivity contribution in [2.75, 3.05) is 6.61 Å². The molecule has 0 saturated heterocycles. The van der Waals surface area contributed by atoms with E-state index in [2.05, 4.69) is 12.6 Å². The Morgan fingerprint density at radius 3 is 2.50 bits per heavy atom. The zero-order valence-corrected chi connectivity index (χ0v) is 19.6. The Morgan fingerprint density at radius 2 is 1.89 bits per heavy atom.